The SMILES string of the molecule is CCNC(=O)N1CC[C@H](NC(=O)NCC2C[C@@H](C)O[C@@H](C)C2)C1. The average molecular weight is 326 g/mol. The minimum Gasteiger partial charge on any atom is -0.376 e. The van der Waals surface area contributed by atoms with Crippen molar-refractivity contribution < 1.29 is 14.3 Å². The fourth-order valence-electron chi connectivity index (χ4n) is 3.51. The third-order valence-electron chi connectivity index (χ3n) is 4.49. The lowest BCUT2D eigenvalue weighted by Crippen LogP contribution is -2.47. The van der Waals surface area contributed by atoms with Crippen molar-refractivity contribution in [3.05, 3.63) is 0 Å². The van der Waals surface area contributed by atoms with Crippen molar-refractivity contribution in [3.8, 4) is 0 Å². The van der Waals surface area contributed by atoms with Crippen molar-refractivity contribution in [1.29, 1.82) is 0 Å². The summed E-state index contributed by atoms with van der Waals surface area (Å²) in [5.74, 6) is 0.468. The largest absolute Gasteiger partial charge is 0.376 e. The Bertz CT molecular complexity index is 408. The number of nitrogens with one attached hydrogen (secondary N) is 3. The van der Waals surface area contributed by atoms with Gasteiger partial charge in [-0.2, -0.15) is 0 Å². The Morgan fingerprint density at radius 1 is 1.17 bits per heavy atom. The summed E-state index contributed by atoms with van der Waals surface area (Å²) in [4.78, 5) is 25.5. The number of carbonyl (C=O) groups excluding carboxylic acids is 2. The Labute approximate surface area is 138 Å². The molecule has 0 aromatic carbocycles. The molecule has 7 heteroatoms. The van der Waals surface area contributed by atoms with Crippen molar-refractivity contribution in [1.82, 2.24) is 20.9 Å². The lowest BCUT2D eigenvalue weighted by molar-refractivity contribution is -0.0511. The summed E-state index contributed by atoms with van der Waals surface area (Å²) in [6.07, 6.45) is 3.29. The van der Waals surface area contributed by atoms with Gasteiger partial charge >= 0.3 is 12.1 Å². The molecule has 7 nitrogen and oxygen atoms in total. The van der Waals surface area contributed by atoms with E-state index in [0.717, 1.165) is 19.3 Å². The van der Waals surface area contributed by atoms with Crippen molar-refractivity contribution in [2.24, 2.45) is 5.92 Å². The van der Waals surface area contributed by atoms with E-state index in [1.54, 1.807) is 4.90 Å². The number of rotatable bonds is 4. The van der Waals surface area contributed by atoms with Gasteiger partial charge in [0.1, 0.15) is 0 Å². The first-order valence-electron chi connectivity index (χ1n) is 8.70. The van der Waals surface area contributed by atoms with Gasteiger partial charge in [0, 0.05) is 32.2 Å². The third kappa shape index (κ3) is 5.57. The van der Waals surface area contributed by atoms with E-state index >= 15 is 0 Å². The Kier molecular flexibility index (Phi) is 6.50. The standard InChI is InChI=1S/C16H30N4O3/c1-4-17-16(22)20-6-5-14(10-20)19-15(21)18-9-13-7-11(2)23-12(3)8-13/h11-14H,4-10H2,1-3H3,(H,17,22)(H2,18,19,21)/t11-,12+,13?,14-/m0/s1. The van der Waals surface area contributed by atoms with E-state index < -0.39 is 0 Å². The maximum absolute atomic E-state index is 12.0. The van der Waals surface area contributed by atoms with Gasteiger partial charge in [-0.05, 0) is 46.0 Å². The van der Waals surface area contributed by atoms with Gasteiger partial charge in [0.15, 0.2) is 0 Å². The molecule has 4 atom stereocenters. The summed E-state index contributed by atoms with van der Waals surface area (Å²) in [6, 6.07) is -0.160. The molecule has 0 spiro atoms. The van der Waals surface area contributed by atoms with Crippen LogP contribution in [0.1, 0.15) is 40.0 Å². The zero-order valence-electron chi connectivity index (χ0n) is 14.4. The maximum Gasteiger partial charge on any atom is 0.317 e. The molecule has 0 aromatic heterocycles. The van der Waals surface area contributed by atoms with E-state index in [4.69, 9.17) is 4.74 Å². The number of urea groups is 2. The summed E-state index contributed by atoms with van der Waals surface area (Å²) < 4.78 is 5.71. The van der Waals surface area contributed by atoms with E-state index in [1.165, 1.54) is 0 Å². The second kappa shape index (κ2) is 8.38. The quantitative estimate of drug-likeness (QED) is 0.728. The molecule has 132 valence electrons. The Morgan fingerprint density at radius 2 is 1.87 bits per heavy atom. The van der Waals surface area contributed by atoms with Gasteiger partial charge in [-0.1, -0.05) is 0 Å². The van der Waals surface area contributed by atoms with Gasteiger partial charge in [-0.15, -0.1) is 0 Å². The van der Waals surface area contributed by atoms with Gasteiger partial charge in [-0.3, -0.25) is 0 Å². The molecule has 2 aliphatic heterocycles. The molecule has 2 heterocycles. The predicted octanol–water partition coefficient (Wildman–Crippen LogP) is 1.29. The highest BCUT2D eigenvalue weighted by Crippen LogP contribution is 2.23. The van der Waals surface area contributed by atoms with Crippen LogP contribution >= 0.6 is 0 Å². The third-order valence-corrected chi connectivity index (χ3v) is 4.49. The highest BCUT2D eigenvalue weighted by atomic mass is 16.5. The van der Waals surface area contributed by atoms with E-state index in [1.807, 2.05) is 6.92 Å². The second-order valence-corrected chi connectivity index (χ2v) is 6.72. The fraction of sp³-hybridized carbons (Fsp3) is 0.875. The summed E-state index contributed by atoms with van der Waals surface area (Å²) in [5.41, 5.74) is 0. The van der Waals surface area contributed by atoms with E-state index in [2.05, 4.69) is 29.8 Å². The molecular weight excluding hydrogens is 296 g/mol. The van der Waals surface area contributed by atoms with E-state index in [0.29, 0.717) is 32.1 Å². The smallest absolute Gasteiger partial charge is 0.317 e. The summed E-state index contributed by atoms with van der Waals surface area (Å²) >= 11 is 0. The minimum absolute atomic E-state index is 0.0325. The van der Waals surface area contributed by atoms with Crippen LogP contribution in [0, 0.1) is 5.92 Å². The van der Waals surface area contributed by atoms with Crippen LogP contribution in [-0.4, -0.2) is 61.4 Å². The molecule has 3 N–H and O–H groups in total. The lowest BCUT2D eigenvalue weighted by atomic mass is 9.92. The van der Waals surface area contributed by atoms with Crippen LogP contribution in [0.3, 0.4) is 0 Å². The molecular formula is C16H30N4O3. The number of ether oxygens (including phenoxy) is 1. The number of nitrogens with zero attached hydrogens (tertiary/aromatic N) is 1. The molecule has 2 aliphatic rings. The molecule has 0 aromatic rings. The first-order valence-corrected chi connectivity index (χ1v) is 8.70. The lowest BCUT2D eigenvalue weighted by Gasteiger charge is -2.32. The molecule has 0 radical (unpaired) electrons. The Hall–Kier alpha value is -1.50. The van der Waals surface area contributed by atoms with Gasteiger partial charge in [0.25, 0.3) is 0 Å². The van der Waals surface area contributed by atoms with Crippen LogP contribution in [0.5, 0.6) is 0 Å². The molecule has 2 saturated heterocycles. The second-order valence-electron chi connectivity index (χ2n) is 6.72. The molecule has 1 unspecified atom stereocenters. The van der Waals surface area contributed by atoms with Crippen molar-refractivity contribution >= 4 is 12.1 Å². The normalized spacial score (nSPS) is 30.8. The number of amides is 4. The van der Waals surface area contributed by atoms with Gasteiger partial charge in [-0.25, -0.2) is 9.59 Å². The zero-order chi connectivity index (χ0) is 16.8. The van der Waals surface area contributed by atoms with Gasteiger partial charge < -0.3 is 25.6 Å². The van der Waals surface area contributed by atoms with Crippen molar-refractivity contribution in [3.63, 3.8) is 0 Å². The first-order chi connectivity index (χ1) is 11.0. The number of likely N-dealkylation sites (tertiary alicyclic amines) is 1. The molecule has 2 fully saturated rings. The number of carbonyl (C=O) groups is 2. The molecule has 0 saturated carbocycles. The zero-order valence-corrected chi connectivity index (χ0v) is 14.4. The van der Waals surface area contributed by atoms with Crippen LogP contribution in [0.2, 0.25) is 0 Å². The summed E-state index contributed by atoms with van der Waals surface area (Å²) in [6.45, 7) is 8.62. The van der Waals surface area contributed by atoms with Crippen molar-refractivity contribution in [2.45, 2.75) is 58.3 Å². The number of hydrogen-bond acceptors (Lipinski definition) is 3. The molecule has 0 bridgehead atoms. The van der Waals surface area contributed by atoms with Gasteiger partial charge in [0.05, 0.1) is 12.2 Å². The monoisotopic (exact) mass is 326 g/mol. The first kappa shape index (κ1) is 17.8. The molecule has 2 rings (SSSR count). The molecule has 4 amide bonds. The van der Waals surface area contributed by atoms with Crippen molar-refractivity contribution in [2.75, 3.05) is 26.2 Å². The molecule has 0 aliphatic carbocycles. The van der Waals surface area contributed by atoms with Crippen LogP contribution in [-0.2, 0) is 4.74 Å². The van der Waals surface area contributed by atoms with E-state index in [9.17, 15) is 9.59 Å². The van der Waals surface area contributed by atoms with Gasteiger partial charge in [0.2, 0.25) is 0 Å². The van der Waals surface area contributed by atoms with E-state index in [-0.39, 0.29) is 30.3 Å². The Morgan fingerprint density at radius 3 is 2.52 bits per heavy atom. The maximum atomic E-state index is 12.0. The van der Waals surface area contributed by atoms with Crippen LogP contribution < -0.4 is 16.0 Å². The minimum atomic E-state index is -0.139. The van der Waals surface area contributed by atoms with Crippen LogP contribution in [0.25, 0.3) is 0 Å². The fourth-order valence-corrected chi connectivity index (χ4v) is 3.51. The highest BCUT2D eigenvalue weighted by molar-refractivity contribution is 5.76. The Balaban J connectivity index is 1.66. The summed E-state index contributed by atoms with van der Waals surface area (Å²) in [7, 11) is 0. The number of hydrogen-bond donors (Lipinski definition) is 3. The van der Waals surface area contributed by atoms with Crippen LogP contribution in [0.15, 0.2) is 0 Å². The topological polar surface area (TPSA) is 82.7 Å². The highest BCUT2D eigenvalue weighted by Gasteiger charge is 2.28. The summed E-state index contributed by atoms with van der Waals surface area (Å²) in [5, 5.41) is 8.71. The predicted molar refractivity (Wildman–Crippen MR) is 88.3 cm³/mol. The average Bonchev–Trinajstić information content (AvgIpc) is 2.93. The van der Waals surface area contributed by atoms with Crippen LogP contribution in [0.4, 0.5) is 9.59 Å². The molecule has 23 heavy (non-hydrogen) atoms.